The van der Waals surface area contributed by atoms with Crippen molar-refractivity contribution in [2.75, 3.05) is 17.7 Å². The van der Waals surface area contributed by atoms with E-state index >= 15 is 0 Å². The number of hydrogen-bond donors (Lipinski definition) is 0. The van der Waals surface area contributed by atoms with Gasteiger partial charge in [-0.1, -0.05) is 0 Å². The molecule has 0 bridgehead atoms. The maximum Gasteiger partial charge on any atom is 0.227 e. The summed E-state index contributed by atoms with van der Waals surface area (Å²) in [7, 11) is 0. The number of benzene rings is 1. The number of amides is 1. The van der Waals surface area contributed by atoms with E-state index in [-0.39, 0.29) is 11.7 Å². The summed E-state index contributed by atoms with van der Waals surface area (Å²) in [4.78, 5) is 14.1. The molecule has 1 aliphatic heterocycles. The smallest absolute Gasteiger partial charge is 0.227 e. The molecule has 0 unspecified atom stereocenters. The number of carbonyl (C=O) groups is 1. The zero-order valence-electron chi connectivity index (χ0n) is 9.20. The Morgan fingerprint density at radius 2 is 2.19 bits per heavy atom. The second-order valence-corrected chi connectivity index (χ2v) is 4.70. The van der Waals surface area contributed by atoms with Gasteiger partial charge >= 0.3 is 0 Å². The van der Waals surface area contributed by atoms with Gasteiger partial charge in [0.15, 0.2) is 0 Å². The number of carbonyl (C=O) groups excluding carboxylic acids is 1. The molecule has 0 saturated carbocycles. The Labute approximate surface area is 98.8 Å². The van der Waals surface area contributed by atoms with Gasteiger partial charge in [-0.25, -0.2) is 4.39 Å². The van der Waals surface area contributed by atoms with Crippen LogP contribution in [0.5, 0.6) is 0 Å². The predicted molar refractivity (Wildman–Crippen MR) is 64.4 cm³/mol. The number of piperidine rings is 1. The second kappa shape index (κ2) is 4.87. The zero-order valence-corrected chi connectivity index (χ0v) is 10.0. The fourth-order valence-electron chi connectivity index (χ4n) is 1.89. The summed E-state index contributed by atoms with van der Waals surface area (Å²) in [6.45, 7) is 0.633. The molecule has 4 heteroatoms. The molecule has 1 amide bonds. The van der Waals surface area contributed by atoms with E-state index in [0.29, 0.717) is 18.7 Å². The molecule has 1 aliphatic rings. The average molecular weight is 239 g/mol. The topological polar surface area (TPSA) is 20.3 Å². The van der Waals surface area contributed by atoms with Crippen molar-refractivity contribution in [1.29, 1.82) is 0 Å². The minimum absolute atomic E-state index is 0.0297. The fraction of sp³-hybridized carbons (Fsp3) is 0.417. The summed E-state index contributed by atoms with van der Waals surface area (Å²) >= 11 is 1.50. The summed E-state index contributed by atoms with van der Waals surface area (Å²) in [5, 5.41) is 0. The number of thioether (sulfide) groups is 1. The van der Waals surface area contributed by atoms with E-state index < -0.39 is 0 Å². The lowest BCUT2D eigenvalue weighted by Gasteiger charge is -2.27. The van der Waals surface area contributed by atoms with Crippen LogP contribution in [0.3, 0.4) is 0 Å². The highest BCUT2D eigenvalue weighted by Crippen LogP contribution is 2.27. The Morgan fingerprint density at radius 3 is 2.81 bits per heavy atom. The summed E-state index contributed by atoms with van der Waals surface area (Å²) in [6.07, 6.45) is 4.31. The SMILES string of the molecule is CSc1ccc(N2CCCCC2=O)c(F)c1. The third-order valence-corrected chi connectivity index (χ3v) is 3.49. The summed E-state index contributed by atoms with van der Waals surface area (Å²) in [5.41, 5.74) is 0.419. The maximum absolute atomic E-state index is 13.8. The van der Waals surface area contributed by atoms with Gasteiger partial charge in [0, 0.05) is 17.9 Å². The number of hydrogen-bond acceptors (Lipinski definition) is 2. The van der Waals surface area contributed by atoms with Crippen LogP contribution in [0.1, 0.15) is 19.3 Å². The Kier molecular flexibility index (Phi) is 3.49. The van der Waals surface area contributed by atoms with Crippen LogP contribution in [0.15, 0.2) is 23.1 Å². The van der Waals surface area contributed by atoms with Crippen molar-refractivity contribution < 1.29 is 9.18 Å². The molecule has 1 heterocycles. The van der Waals surface area contributed by atoms with Crippen molar-refractivity contribution in [3.63, 3.8) is 0 Å². The van der Waals surface area contributed by atoms with E-state index in [0.717, 1.165) is 17.7 Å². The van der Waals surface area contributed by atoms with Crippen molar-refractivity contribution in [2.45, 2.75) is 24.2 Å². The minimum atomic E-state index is -0.304. The Bertz CT molecular complexity index is 408. The van der Waals surface area contributed by atoms with Gasteiger partial charge in [-0.2, -0.15) is 0 Å². The molecule has 0 aliphatic carbocycles. The molecule has 1 fully saturated rings. The third kappa shape index (κ3) is 2.21. The van der Waals surface area contributed by atoms with Gasteiger partial charge in [0.2, 0.25) is 5.91 Å². The Balaban J connectivity index is 2.28. The first-order valence-corrected chi connectivity index (χ1v) is 6.59. The molecule has 0 spiro atoms. The molecule has 86 valence electrons. The van der Waals surface area contributed by atoms with Crippen LogP contribution in [0, 0.1) is 5.82 Å². The molecule has 1 aromatic rings. The largest absolute Gasteiger partial charge is 0.310 e. The van der Waals surface area contributed by atoms with Crippen molar-refractivity contribution >= 4 is 23.4 Å². The highest BCUT2D eigenvalue weighted by atomic mass is 32.2. The summed E-state index contributed by atoms with van der Waals surface area (Å²) in [6, 6.07) is 5.04. The quantitative estimate of drug-likeness (QED) is 0.739. The van der Waals surface area contributed by atoms with Crippen molar-refractivity contribution in [3.05, 3.63) is 24.0 Å². The van der Waals surface area contributed by atoms with Crippen LogP contribution in [-0.4, -0.2) is 18.7 Å². The van der Waals surface area contributed by atoms with Gasteiger partial charge in [0.25, 0.3) is 0 Å². The monoisotopic (exact) mass is 239 g/mol. The second-order valence-electron chi connectivity index (χ2n) is 3.82. The van der Waals surface area contributed by atoms with Gasteiger partial charge in [-0.05, 0) is 37.3 Å². The maximum atomic E-state index is 13.8. The molecule has 16 heavy (non-hydrogen) atoms. The van der Waals surface area contributed by atoms with Gasteiger partial charge in [0.1, 0.15) is 5.82 Å². The van der Waals surface area contributed by atoms with Crippen LogP contribution >= 0.6 is 11.8 Å². The number of halogens is 1. The van der Waals surface area contributed by atoms with E-state index in [1.807, 2.05) is 12.3 Å². The Hall–Kier alpha value is -1.03. The molecule has 0 atom stereocenters. The van der Waals surface area contributed by atoms with Crippen molar-refractivity contribution in [3.8, 4) is 0 Å². The van der Waals surface area contributed by atoms with Crippen LogP contribution in [0.25, 0.3) is 0 Å². The predicted octanol–water partition coefficient (Wildman–Crippen LogP) is 3.06. The lowest BCUT2D eigenvalue weighted by molar-refractivity contribution is -0.119. The number of rotatable bonds is 2. The van der Waals surface area contributed by atoms with E-state index in [1.54, 1.807) is 11.0 Å². The molecule has 2 rings (SSSR count). The highest BCUT2D eigenvalue weighted by molar-refractivity contribution is 7.98. The standard InChI is InChI=1S/C12H14FNOS/c1-16-9-5-6-11(10(13)8-9)14-7-3-2-4-12(14)15/h5-6,8H,2-4,7H2,1H3. The molecule has 0 aromatic heterocycles. The Morgan fingerprint density at radius 1 is 1.38 bits per heavy atom. The minimum Gasteiger partial charge on any atom is -0.310 e. The van der Waals surface area contributed by atoms with Gasteiger partial charge < -0.3 is 4.90 Å². The fourth-order valence-corrected chi connectivity index (χ4v) is 2.32. The van der Waals surface area contributed by atoms with Crippen molar-refractivity contribution in [2.24, 2.45) is 0 Å². The molecular weight excluding hydrogens is 225 g/mol. The van der Waals surface area contributed by atoms with Crippen LogP contribution in [0.2, 0.25) is 0 Å². The molecule has 0 radical (unpaired) electrons. The van der Waals surface area contributed by atoms with Crippen LogP contribution < -0.4 is 4.90 Å². The van der Waals surface area contributed by atoms with Gasteiger partial charge in [-0.3, -0.25) is 4.79 Å². The van der Waals surface area contributed by atoms with E-state index in [4.69, 9.17) is 0 Å². The average Bonchev–Trinajstić information content (AvgIpc) is 2.30. The third-order valence-electron chi connectivity index (χ3n) is 2.77. The first-order valence-electron chi connectivity index (χ1n) is 5.36. The molecule has 1 aromatic carbocycles. The zero-order chi connectivity index (χ0) is 11.5. The lowest BCUT2D eigenvalue weighted by Crippen LogP contribution is -2.35. The summed E-state index contributed by atoms with van der Waals surface area (Å²) < 4.78 is 13.8. The van der Waals surface area contributed by atoms with Crippen molar-refractivity contribution in [1.82, 2.24) is 0 Å². The molecule has 1 saturated heterocycles. The van der Waals surface area contributed by atoms with E-state index in [9.17, 15) is 9.18 Å². The molecule has 0 N–H and O–H groups in total. The first-order chi connectivity index (χ1) is 7.72. The molecule has 2 nitrogen and oxygen atoms in total. The van der Waals surface area contributed by atoms with Gasteiger partial charge in [0.05, 0.1) is 5.69 Å². The van der Waals surface area contributed by atoms with Gasteiger partial charge in [-0.15, -0.1) is 11.8 Å². The molecular formula is C12H14FNOS. The van der Waals surface area contributed by atoms with E-state index in [2.05, 4.69) is 0 Å². The number of nitrogens with zero attached hydrogens (tertiary/aromatic N) is 1. The summed E-state index contributed by atoms with van der Waals surface area (Å²) in [5.74, 6) is -0.274. The van der Waals surface area contributed by atoms with E-state index in [1.165, 1.54) is 17.8 Å². The number of anilines is 1. The highest BCUT2D eigenvalue weighted by Gasteiger charge is 2.22. The normalized spacial score (nSPS) is 16.6. The first kappa shape index (κ1) is 11.5. The van der Waals surface area contributed by atoms with Crippen LogP contribution in [0.4, 0.5) is 10.1 Å². The lowest BCUT2D eigenvalue weighted by atomic mass is 10.1. The van der Waals surface area contributed by atoms with Crippen LogP contribution in [-0.2, 0) is 4.79 Å².